The van der Waals surface area contributed by atoms with Gasteiger partial charge in [0.25, 0.3) is 0 Å². The van der Waals surface area contributed by atoms with Crippen LogP contribution in [0, 0.1) is 0 Å². The molecule has 2 aromatic carbocycles. The second kappa shape index (κ2) is 6.36. The minimum Gasteiger partial charge on any atom is -0.457 e. The van der Waals surface area contributed by atoms with Crippen LogP contribution in [0.1, 0.15) is 30.6 Å². The Morgan fingerprint density at radius 3 is 2.32 bits per heavy atom. The normalized spacial score (nSPS) is 12.2. The lowest BCUT2D eigenvalue weighted by atomic mass is 10.1. The highest BCUT2D eigenvalue weighted by Crippen LogP contribution is 2.32. The minimum absolute atomic E-state index is 0.0747. The van der Waals surface area contributed by atoms with Crippen LogP contribution in [0.25, 0.3) is 0 Å². The van der Waals surface area contributed by atoms with E-state index in [0.717, 1.165) is 11.1 Å². The van der Waals surface area contributed by atoms with Crippen molar-refractivity contribution < 1.29 is 14.9 Å². The number of rotatable bonds is 5. The van der Waals surface area contributed by atoms with Crippen LogP contribution < -0.4 is 4.74 Å². The summed E-state index contributed by atoms with van der Waals surface area (Å²) in [6.07, 6.45) is 0.0830. The average molecular weight is 258 g/mol. The van der Waals surface area contributed by atoms with Crippen LogP contribution in [0.2, 0.25) is 0 Å². The smallest absolute Gasteiger partial charge is 0.133 e. The highest BCUT2D eigenvalue weighted by Gasteiger charge is 2.12. The van der Waals surface area contributed by atoms with Gasteiger partial charge < -0.3 is 14.9 Å². The molecule has 0 aliphatic carbocycles. The Labute approximate surface area is 113 Å². The highest BCUT2D eigenvalue weighted by atomic mass is 16.5. The maximum absolute atomic E-state index is 9.99. The third-order valence-electron chi connectivity index (χ3n) is 3.03. The topological polar surface area (TPSA) is 49.7 Å². The van der Waals surface area contributed by atoms with Gasteiger partial charge >= 0.3 is 0 Å². The fraction of sp³-hybridized carbons (Fsp3) is 0.250. The quantitative estimate of drug-likeness (QED) is 0.864. The summed E-state index contributed by atoms with van der Waals surface area (Å²) in [5.41, 5.74) is 1.49. The maximum Gasteiger partial charge on any atom is 0.133 e. The van der Waals surface area contributed by atoms with E-state index in [1.54, 1.807) is 6.07 Å². The van der Waals surface area contributed by atoms with E-state index in [9.17, 15) is 10.2 Å². The van der Waals surface area contributed by atoms with Gasteiger partial charge in [-0.25, -0.2) is 0 Å². The summed E-state index contributed by atoms with van der Waals surface area (Å²) < 4.78 is 5.83. The second-order valence-electron chi connectivity index (χ2n) is 4.33. The molecular weight excluding hydrogens is 240 g/mol. The van der Waals surface area contributed by atoms with E-state index in [4.69, 9.17) is 4.74 Å². The van der Waals surface area contributed by atoms with E-state index in [1.165, 1.54) is 0 Å². The van der Waals surface area contributed by atoms with E-state index in [-0.39, 0.29) is 6.61 Å². The number of aliphatic hydroxyl groups is 2. The van der Waals surface area contributed by atoms with Crippen molar-refractivity contribution >= 4 is 0 Å². The van der Waals surface area contributed by atoms with Crippen LogP contribution in [-0.4, -0.2) is 10.2 Å². The van der Waals surface area contributed by atoms with Crippen LogP contribution in [0.5, 0.6) is 11.5 Å². The van der Waals surface area contributed by atoms with Crippen molar-refractivity contribution in [3.63, 3.8) is 0 Å². The average Bonchev–Trinajstić information content (AvgIpc) is 2.47. The lowest BCUT2D eigenvalue weighted by Gasteiger charge is -2.16. The van der Waals surface area contributed by atoms with Gasteiger partial charge in [0, 0.05) is 11.1 Å². The zero-order valence-electron chi connectivity index (χ0n) is 10.9. The molecule has 19 heavy (non-hydrogen) atoms. The summed E-state index contributed by atoms with van der Waals surface area (Å²) in [4.78, 5) is 0. The third kappa shape index (κ3) is 3.13. The maximum atomic E-state index is 9.99. The molecule has 0 fully saturated rings. The van der Waals surface area contributed by atoms with Crippen LogP contribution in [-0.2, 0) is 6.61 Å². The predicted octanol–water partition coefficient (Wildman–Crippen LogP) is 3.41. The van der Waals surface area contributed by atoms with Crippen LogP contribution in [0.4, 0.5) is 0 Å². The van der Waals surface area contributed by atoms with Crippen LogP contribution >= 0.6 is 0 Å². The van der Waals surface area contributed by atoms with Gasteiger partial charge in [0.15, 0.2) is 0 Å². The first kappa shape index (κ1) is 13.6. The fourth-order valence-electron chi connectivity index (χ4n) is 1.92. The Kier molecular flexibility index (Phi) is 4.55. The second-order valence-corrected chi connectivity index (χ2v) is 4.33. The fourth-order valence-corrected chi connectivity index (χ4v) is 1.92. The molecular formula is C16H18O3. The van der Waals surface area contributed by atoms with Gasteiger partial charge in [-0.2, -0.15) is 0 Å². The molecule has 0 saturated heterocycles. The van der Waals surface area contributed by atoms with Gasteiger partial charge in [-0.15, -0.1) is 0 Å². The van der Waals surface area contributed by atoms with Crippen LogP contribution in [0.15, 0.2) is 48.5 Å². The third-order valence-corrected chi connectivity index (χ3v) is 3.03. The van der Waals surface area contributed by atoms with Crippen LogP contribution in [0.3, 0.4) is 0 Å². The van der Waals surface area contributed by atoms with Gasteiger partial charge in [-0.05, 0) is 18.6 Å². The molecule has 0 aliphatic heterocycles. The van der Waals surface area contributed by atoms with Crippen molar-refractivity contribution in [2.45, 2.75) is 26.1 Å². The number of aliphatic hydroxyl groups excluding tert-OH is 2. The number of ether oxygens (including phenoxy) is 1. The monoisotopic (exact) mass is 258 g/mol. The zero-order valence-corrected chi connectivity index (χ0v) is 10.9. The van der Waals surface area contributed by atoms with Crippen molar-refractivity contribution in [2.24, 2.45) is 0 Å². The van der Waals surface area contributed by atoms with E-state index < -0.39 is 6.10 Å². The lowest BCUT2D eigenvalue weighted by molar-refractivity contribution is 0.170. The van der Waals surface area contributed by atoms with E-state index >= 15 is 0 Å². The summed E-state index contributed by atoms with van der Waals surface area (Å²) in [5, 5.41) is 19.3. The molecule has 0 aromatic heterocycles. The summed E-state index contributed by atoms with van der Waals surface area (Å²) in [6, 6.07) is 14.7. The van der Waals surface area contributed by atoms with Crippen molar-refractivity contribution in [3.05, 3.63) is 59.7 Å². The lowest BCUT2D eigenvalue weighted by Crippen LogP contribution is -1.99. The SMILES string of the molecule is CC[C@H](O)c1ccccc1Oc1ccccc1CO. The summed E-state index contributed by atoms with van der Waals surface area (Å²) in [7, 11) is 0. The van der Waals surface area contributed by atoms with Gasteiger partial charge in [0.1, 0.15) is 11.5 Å². The summed E-state index contributed by atoms with van der Waals surface area (Å²) in [5.74, 6) is 1.23. The molecule has 0 spiro atoms. The van der Waals surface area contributed by atoms with Gasteiger partial charge in [0.2, 0.25) is 0 Å². The van der Waals surface area contributed by atoms with Gasteiger partial charge in [-0.1, -0.05) is 43.3 Å². The highest BCUT2D eigenvalue weighted by molar-refractivity contribution is 5.41. The van der Waals surface area contributed by atoms with Gasteiger partial charge in [-0.3, -0.25) is 0 Å². The molecule has 0 heterocycles. The summed E-state index contributed by atoms with van der Waals surface area (Å²) >= 11 is 0. The number of para-hydroxylation sites is 2. The molecule has 3 heteroatoms. The Balaban J connectivity index is 2.33. The Bertz CT molecular complexity index is 537. The standard InChI is InChI=1S/C16H18O3/c1-2-14(18)13-8-4-6-10-16(13)19-15-9-5-3-7-12(15)11-17/h3-10,14,17-18H,2,11H2,1H3/t14-/m0/s1. The molecule has 0 aliphatic rings. The van der Waals surface area contributed by atoms with Crippen molar-refractivity contribution in [3.8, 4) is 11.5 Å². The van der Waals surface area contributed by atoms with Crippen molar-refractivity contribution in [1.82, 2.24) is 0 Å². The first-order valence-electron chi connectivity index (χ1n) is 6.39. The first-order valence-corrected chi connectivity index (χ1v) is 6.39. The number of hydrogen-bond donors (Lipinski definition) is 2. The Morgan fingerprint density at radius 2 is 1.63 bits per heavy atom. The molecule has 0 radical (unpaired) electrons. The molecule has 0 bridgehead atoms. The molecule has 2 rings (SSSR count). The van der Waals surface area contributed by atoms with E-state index in [1.807, 2.05) is 49.4 Å². The van der Waals surface area contributed by atoms with Crippen molar-refractivity contribution in [2.75, 3.05) is 0 Å². The predicted molar refractivity (Wildman–Crippen MR) is 74.1 cm³/mol. The Hall–Kier alpha value is -1.84. The molecule has 1 atom stereocenters. The van der Waals surface area contributed by atoms with E-state index in [2.05, 4.69) is 0 Å². The minimum atomic E-state index is -0.544. The molecule has 0 amide bonds. The van der Waals surface area contributed by atoms with Crippen molar-refractivity contribution in [1.29, 1.82) is 0 Å². The molecule has 0 unspecified atom stereocenters. The molecule has 3 nitrogen and oxygen atoms in total. The largest absolute Gasteiger partial charge is 0.457 e. The van der Waals surface area contributed by atoms with Gasteiger partial charge in [0.05, 0.1) is 12.7 Å². The number of hydrogen-bond acceptors (Lipinski definition) is 3. The molecule has 2 N–H and O–H groups in total. The zero-order chi connectivity index (χ0) is 13.7. The summed E-state index contributed by atoms with van der Waals surface area (Å²) in [6.45, 7) is 1.85. The van der Waals surface area contributed by atoms with E-state index in [0.29, 0.717) is 17.9 Å². The molecule has 2 aromatic rings. The molecule has 100 valence electrons. The first-order chi connectivity index (χ1) is 9.26. The molecule has 0 saturated carbocycles. The Morgan fingerprint density at radius 1 is 1.00 bits per heavy atom. The number of benzene rings is 2.